The maximum Gasteiger partial charge on any atom is 0.224 e. The standard InChI is InChI=1S/C20H22N6/c1-25(2)18-8-5-10-21-17(18)12-23-20-22-11-9-19(24-20)26-13-15-6-3-4-7-16(15)14-26/h3-11H,12-14H2,1-2H3,(H,22,23,24). The number of aromatic nitrogens is 3. The number of hydrogen-bond acceptors (Lipinski definition) is 6. The molecule has 3 aromatic rings. The van der Waals surface area contributed by atoms with E-state index in [0.717, 1.165) is 30.3 Å². The van der Waals surface area contributed by atoms with E-state index in [1.54, 1.807) is 6.20 Å². The minimum absolute atomic E-state index is 0.581. The summed E-state index contributed by atoms with van der Waals surface area (Å²) in [5.41, 5.74) is 4.79. The first-order valence-corrected chi connectivity index (χ1v) is 8.70. The van der Waals surface area contributed by atoms with E-state index in [2.05, 4.69) is 60.4 Å². The highest BCUT2D eigenvalue weighted by molar-refractivity contribution is 5.51. The van der Waals surface area contributed by atoms with E-state index in [9.17, 15) is 0 Å². The predicted octanol–water partition coefficient (Wildman–Crippen LogP) is 3.07. The Labute approximate surface area is 153 Å². The molecule has 0 bridgehead atoms. The van der Waals surface area contributed by atoms with Crippen LogP contribution >= 0.6 is 0 Å². The van der Waals surface area contributed by atoms with Gasteiger partial charge in [0.15, 0.2) is 0 Å². The van der Waals surface area contributed by atoms with Crippen LogP contribution in [0.1, 0.15) is 16.8 Å². The number of anilines is 3. The van der Waals surface area contributed by atoms with E-state index >= 15 is 0 Å². The van der Waals surface area contributed by atoms with E-state index < -0.39 is 0 Å². The van der Waals surface area contributed by atoms with Crippen molar-refractivity contribution in [3.63, 3.8) is 0 Å². The minimum atomic E-state index is 0.581. The summed E-state index contributed by atoms with van der Waals surface area (Å²) in [4.78, 5) is 17.8. The molecular weight excluding hydrogens is 324 g/mol. The maximum absolute atomic E-state index is 4.69. The first kappa shape index (κ1) is 16.3. The molecule has 1 N–H and O–H groups in total. The fourth-order valence-electron chi connectivity index (χ4n) is 3.24. The first-order valence-electron chi connectivity index (χ1n) is 8.70. The summed E-state index contributed by atoms with van der Waals surface area (Å²) >= 11 is 0. The van der Waals surface area contributed by atoms with Crippen LogP contribution in [0.15, 0.2) is 54.9 Å². The van der Waals surface area contributed by atoms with Gasteiger partial charge >= 0.3 is 0 Å². The van der Waals surface area contributed by atoms with Crippen molar-refractivity contribution in [1.29, 1.82) is 0 Å². The molecule has 1 aliphatic rings. The molecule has 3 heterocycles. The van der Waals surface area contributed by atoms with Gasteiger partial charge in [-0.1, -0.05) is 24.3 Å². The number of benzene rings is 1. The van der Waals surface area contributed by atoms with Crippen LogP contribution in [0.5, 0.6) is 0 Å². The predicted molar refractivity (Wildman–Crippen MR) is 104 cm³/mol. The van der Waals surface area contributed by atoms with Crippen LogP contribution in [0.25, 0.3) is 0 Å². The van der Waals surface area contributed by atoms with Gasteiger partial charge in [0.05, 0.1) is 17.9 Å². The largest absolute Gasteiger partial charge is 0.376 e. The second kappa shape index (κ2) is 7.00. The SMILES string of the molecule is CN(C)c1cccnc1CNc1nccc(N2Cc3ccccc3C2)n1. The van der Waals surface area contributed by atoms with Gasteiger partial charge in [-0.15, -0.1) is 0 Å². The molecule has 0 amide bonds. The molecule has 0 saturated heterocycles. The van der Waals surface area contributed by atoms with Crippen molar-refractivity contribution in [2.24, 2.45) is 0 Å². The van der Waals surface area contributed by atoms with Crippen molar-refractivity contribution < 1.29 is 0 Å². The van der Waals surface area contributed by atoms with Crippen LogP contribution in [0.3, 0.4) is 0 Å². The molecule has 0 spiro atoms. The van der Waals surface area contributed by atoms with Gasteiger partial charge in [0.2, 0.25) is 5.95 Å². The monoisotopic (exact) mass is 346 g/mol. The third-order valence-electron chi connectivity index (χ3n) is 4.57. The number of hydrogen-bond donors (Lipinski definition) is 1. The third kappa shape index (κ3) is 3.31. The van der Waals surface area contributed by atoms with Gasteiger partial charge in [-0.25, -0.2) is 4.98 Å². The summed E-state index contributed by atoms with van der Waals surface area (Å²) in [6, 6.07) is 14.5. The van der Waals surface area contributed by atoms with E-state index in [1.165, 1.54) is 11.1 Å². The molecule has 1 aliphatic heterocycles. The fraction of sp³-hybridized carbons (Fsp3) is 0.250. The van der Waals surface area contributed by atoms with Crippen LogP contribution in [0.2, 0.25) is 0 Å². The van der Waals surface area contributed by atoms with Gasteiger partial charge in [-0.2, -0.15) is 4.98 Å². The number of rotatable bonds is 5. The van der Waals surface area contributed by atoms with E-state index in [-0.39, 0.29) is 0 Å². The number of nitrogens with zero attached hydrogens (tertiary/aromatic N) is 5. The van der Waals surface area contributed by atoms with Crippen LogP contribution in [-0.4, -0.2) is 29.0 Å². The van der Waals surface area contributed by atoms with Gasteiger partial charge in [-0.3, -0.25) is 4.98 Å². The second-order valence-electron chi connectivity index (χ2n) is 6.58. The summed E-state index contributed by atoms with van der Waals surface area (Å²) in [7, 11) is 4.03. The van der Waals surface area contributed by atoms with Crippen LogP contribution < -0.4 is 15.1 Å². The number of pyridine rings is 1. The van der Waals surface area contributed by atoms with Gasteiger partial charge in [0.1, 0.15) is 5.82 Å². The summed E-state index contributed by atoms with van der Waals surface area (Å²) < 4.78 is 0. The Morgan fingerprint density at radius 1 is 0.962 bits per heavy atom. The Morgan fingerprint density at radius 2 is 1.73 bits per heavy atom. The summed E-state index contributed by atoms with van der Waals surface area (Å²) in [5, 5.41) is 3.30. The lowest BCUT2D eigenvalue weighted by Crippen LogP contribution is -2.17. The first-order chi connectivity index (χ1) is 12.7. The highest BCUT2D eigenvalue weighted by Crippen LogP contribution is 2.27. The molecule has 0 unspecified atom stereocenters. The van der Waals surface area contributed by atoms with Crippen molar-refractivity contribution in [1.82, 2.24) is 15.0 Å². The Morgan fingerprint density at radius 3 is 2.46 bits per heavy atom. The average molecular weight is 346 g/mol. The van der Waals surface area contributed by atoms with Crippen molar-refractivity contribution >= 4 is 17.5 Å². The summed E-state index contributed by atoms with van der Waals surface area (Å²) in [6.07, 6.45) is 3.61. The molecule has 0 radical (unpaired) electrons. The maximum atomic E-state index is 4.69. The zero-order valence-electron chi connectivity index (χ0n) is 15.1. The highest BCUT2D eigenvalue weighted by atomic mass is 15.2. The topological polar surface area (TPSA) is 57.2 Å². The van der Waals surface area contributed by atoms with Crippen LogP contribution in [0.4, 0.5) is 17.5 Å². The third-order valence-corrected chi connectivity index (χ3v) is 4.57. The van der Waals surface area contributed by atoms with Gasteiger partial charge in [0.25, 0.3) is 0 Å². The minimum Gasteiger partial charge on any atom is -0.376 e. The van der Waals surface area contributed by atoms with Crippen LogP contribution in [-0.2, 0) is 19.6 Å². The molecule has 0 aliphatic carbocycles. The molecule has 6 heteroatoms. The molecule has 132 valence electrons. The van der Waals surface area contributed by atoms with Gasteiger partial charge < -0.3 is 15.1 Å². The molecule has 26 heavy (non-hydrogen) atoms. The van der Waals surface area contributed by atoms with Gasteiger partial charge in [0, 0.05) is 39.6 Å². The Kier molecular flexibility index (Phi) is 4.39. The summed E-state index contributed by atoms with van der Waals surface area (Å²) in [5.74, 6) is 1.56. The quantitative estimate of drug-likeness (QED) is 0.766. The Bertz CT molecular complexity index is 883. The molecular formula is C20H22N6. The van der Waals surface area contributed by atoms with E-state index in [1.807, 2.05) is 32.4 Å². The molecule has 0 saturated carbocycles. The number of nitrogens with one attached hydrogen (secondary N) is 1. The summed E-state index contributed by atoms with van der Waals surface area (Å²) in [6.45, 7) is 2.35. The van der Waals surface area contributed by atoms with E-state index in [0.29, 0.717) is 12.5 Å². The van der Waals surface area contributed by atoms with Gasteiger partial charge in [-0.05, 0) is 29.3 Å². The van der Waals surface area contributed by atoms with Crippen molar-refractivity contribution in [3.8, 4) is 0 Å². The van der Waals surface area contributed by atoms with Crippen LogP contribution in [0, 0.1) is 0 Å². The molecule has 0 fully saturated rings. The molecule has 2 aromatic heterocycles. The molecule has 6 nitrogen and oxygen atoms in total. The lowest BCUT2D eigenvalue weighted by atomic mass is 10.1. The normalized spacial score (nSPS) is 12.8. The Balaban J connectivity index is 1.48. The zero-order valence-corrected chi connectivity index (χ0v) is 15.1. The molecule has 0 atom stereocenters. The van der Waals surface area contributed by atoms with Crippen molar-refractivity contribution in [3.05, 3.63) is 71.7 Å². The Hall–Kier alpha value is -3.15. The van der Waals surface area contributed by atoms with E-state index in [4.69, 9.17) is 0 Å². The molecule has 1 aromatic carbocycles. The smallest absolute Gasteiger partial charge is 0.224 e. The number of fused-ring (bicyclic) bond motifs is 1. The highest BCUT2D eigenvalue weighted by Gasteiger charge is 2.19. The zero-order chi connectivity index (χ0) is 17.9. The van der Waals surface area contributed by atoms with Crippen molar-refractivity contribution in [2.75, 3.05) is 29.2 Å². The fourth-order valence-corrected chi connectivity index (χ4v) is 3.24. The van der Waals surface area contributed by atoms with Crippen molar-refractivity contribution in [2.45, 2.75) is 19.6 Å². The lowest BCUT2D eigenvalue weighted by Gasteiger charge is -2.18. The second-order valence-corrected chi connectivity index (χ2v) is 6.58. The average Bonchev–Trinajstić information content (AvgIpc) is 3.11. The molecule has 4 rings (SSSR count). The lowest BCUT2D eigenvalue weighted by molar-refractivity contribution is 0.849.